The zero-order valence-electron chi connectivity index (χ0n) is 13.8. The molecule has 7 heteroatoms. The van der Waals surface area contributed by atoms with Crippen LogP contribution >= 0.6 is 11.3 Å². The van der Waals surface area contributed by atoms with Crippen LogP contribution in [0.4, 0.5) is 0 Å². The topological polar surface area (TPSA) is 72.1 Å². The molecule has 1 amide bonds. The van der Waals surface area contributed by atoms with Crippen LogP contribution in [0.25, 0.3) is 0 Å². The number of aromatic nitrogens is 3. The van der Waals surface area contributed by atoms with Crippen LogP contribution in [0.5, 0.6) is 0 Å². The second-order valence-corrected chi connectivity index (χ2v) is 7.40. The van der Waals surface area contributed by atoms with Crippen LogP contribution in [-0.2, 0) is 11.2 Å². The van der Waals surface area contributed by atoms with Gasteiger partial charge in [-0.2, -0.15) is 4.98 Å². The quantitative estimate of drug-likeness (QED) is 0.860. The van der Waals surface area contributed by atoms with Crippen LogP contribution in [0.15, 0.2) is 9.90 Å². The first-order chi connectivity index (χ1) is 11.0. The van der Waals surface area contributed by atoms with Gasteiger partial charge in [0.1, 0.15) is 0 Å². The Hall–Kier alpha value is -1.76. The van der Waals surface area contributed by atoms with E-state index in [4.69, 9.17) is 4.52 Å². The van der Waals surface area contributed by atoms with Gasteiger partial charge in [0, 0.05) is 30.3 Å². The molecule has 1 aliphatic heterocycles. The average molecular weight is 334 g/mol. The molecule has 3 rings (SSSR count). The number of aryl methyl sites for hydroxylation is 1. The molecule has 0 bridgehead atoms. The summed E-state index contributed by atoms with van der Waals surface area (Å²) in [7, 11) is 0. The smallest absolute Gasteiger partial charge is 0.229 e. The van der Waals surface area contributed by atoms with Crippen LogP contribution in [-0.4, -0.2) is 39.0 Å². The summed E-state index contributed by atoms with van der Waals surface area (Å²) in [6.45, 7) is 7.41. The fourth-order valence-electron chi connectivity index (χ4n) is 2.87. The highest BCUT2D eigenvalue weighted by Crippen LogP contribution is 2.27. The maximum Gasteiger partial charge on any atom is 0.229 e. The van der Waals surface area contributed by atoms with Crippen LogP contribution in [0.3, 0.4) is 0 Å². The van der Waals surface area contributed by atoms with Crippen LogP contribution < -0.4 is 0 Å². The van der Waals surface area contributed by atoms with E-state index < -0.39 is 0 Å². The molecule has 0 unspecified atom stereocenters. The van der Waals surface area contributed by atoms with Gasteiger partial charge in [0.2, 0.25) is 11.8 Å². The van der Waals surface area contributed by atoms with Crippen molar-refractivity contribution in [3.05, 3.63) is 27.8 Å². The van der Waals surface area contributed by atoms with Gasteiger partial charge >= 0.3 is 0 Å². The van der Waals surface area contributed by atoms with Gasteiger partial charge in [-0.25, -0.2) is 4.98 Å². The van der Waals surface area contributed by atoms with Gasteiger partial charge in [0.15, 0.2) is 5.82 Å². The van der Waals surface area contributed by atoms with Crippen molar-refractivity contribution >= 4 is 17.2 Å². The van der Waals surface area contributed by atoms with Crippen molar-refractivity contribution in [2.45, 2.75) is 46.0 Å². The normalized spacial score (nSPS) is 16.3. The number of amides is 1. The van der Waals surface area contributed by atoms with E-state index in [2.05, 4.69) is 15.1 Å². The third-order valence-electron chi connectivity index (χ3n) is 4.14. The molecule has 3 heterocycles. The Morgan fingerprint density at radius 2 is 2.13 bits per heavy atom. The predicted octanol–water partition coefficient (Wildman–Crippen LogP) is 2.79. The van der Waals surface area contributed by atoms with E-state index in [0.29, 0.717) is 18.1 Å². The van der Waals surface area contributed by atoms with Gasteiger partial charge in [-0.1, -0.05) is 19.0 Å². The lowest BCUT2D eigenvalue weighted by Crippen LogP contribution is -2.40. The van der Waals surface area contributed by atoms with E-state index in [1.807, 2.05) is 31.1 Å². The summed E-state index contributed by atoms with van der Waals surface area (Å²) in [5.74, 6) is 1.93. The fourth-order valence-corrected chi connectivity index (χ4v) is 3.48. The Kier molecular flexibility index (Phi) is 4.75. The Balaban J connectivity index is 1.58. The highest BCUT2D eigenvalue weighted by Gasteiger charge is 2.28. The molecule has 0 saturated carbocycles. The number of carbonyl (C=O) groups is 1. The summed E-state index contributed by atoms with van der Waals surface area (Å²) >= 11 is 1.63. The standard InChI is InChI=1S/C16H22N4O2S/c1-10(2)16(21)20-6-4-12(5-7-20)15-18-14(19-22-15)8-13-9-23-11(3)17-13/h9-10,12H,4-8H2,1-3H3. The summed E-state index contributed by atoms with van der Waals surface area (Å²) in [6.07, 6.45) is 2.38. The van der Waals surface area contributed by atoms with Crippen molar-refractivity contribution in [2.75, 3.05) is 13.1 Å². The van der Waals surface area contributed by atoms with Gasteiger partial charge in [-0.05, 0) is 19.8 Å². The minimum atomic E-state index is 0.0584. The van der Waals surface area contributed by atoms with Crippen molar-refractivity contribution in [2.24, 2.45) is 5.92 Å². The highest BCUT2D eigenvalue weighted by atomic mass is 32.1. The van der Waals surface area contributed by atoms with Crippen LogP contribution in [0.2, 0.25) is 0 Å². The molecule has 0 aromatic carbocycles. The maximum absolute atomic E-state index is 12.0. The molecule has 124 valence electrons. The number of carbonyl (C=O) groups excluding carboxylic acids is 1. The van der Waals surface area contributed by atoms with Gasteiger partial charge in [-0.15, -0.1) is 11.3 Å². The number of hydrogen-bond acceptors (Lipinski definition) is 6. The minimum absolute atomic E-state index is 0.0584. The van der Waals surface area contributed by atoms with E-state index >= 15 is 0 Å². The number of likely N-dealkylation sites (tertiary alicyclic amines) is 1. The predicted molar refractivity (Wildman–Crippen MR) is 87.3 cm³/mol. The second kappa shape index (κ2) is 6.78. The summed E-state index contributed by atoms with van der Waals surface area (Å²) in [5.41, 5.74) is 0.984. The van der Waals surface area contributed by atoms with Crippen LogP contribution in [0, 0.1) is 12.8 Å². The van der Waals surface area contributed by atoms with Gasteiger partial charge in [-0.3, -0.25) is 4.79 Å². The maximum atomic E-state index is 12.0. The van der Waals surface area contributed by atoms with Gasteiger partial charge < -0.3 is 9.42 Å². The van der Waals surface area contributed by atoms with Crippen molar-refractivity contribution in [1.82, 2.24) is 20.0 Å². The lowest BCUT2D eigenvalue weighted by molar-refractivity contribution is -0.135. The van der Waals surface area contributed by atoms with Crippen molar-refractivity contribution < 1.29 is 9.32 Å². The monoisotopic (exact) mass is 334 g/mol. The molecule has 1 saturated heterocycles. The van der Waals surface area contributed by atoms with E-state index in [0.717, 1.165) is 36.6 Å². The number of piperidine rings is 1. The molecule has 1 aliphatic rings. The Morgan fingerprint density at radius 1 is 1.39 bits per heavy atom. The highest BCUT2D eigenvalue weighted by molar-refractivity contribution is 7.09. The summed E-state index contributed by atoms with van der Waals surface area (Å²) in [4.78, 5) is 22.9. The molecule has 0 spiro atoms. The lowest BCUT2D eigenvalue weighted by atomic mass is 9.96. The molecule has 0 N–H and O–H groups in total. The zero-order chi connectivity index (χ0) is 16.4. The largest absolute Gasteiger partial charge is 0.342 e. The van der Waals surface area contributed by atoms with Gasteiger partial charge in [0.05, 0.1) is 17.1 Å². The first kappa shape index (κ1) is 16.1. The van der Waals surface area contributed by atoms with E-state index in [1.165, 1.54) is 0 Å². The number of nitrogens with zero attached hydrogens (tertiary/aromatic N) is 4. The molecule has 2 aromatic heterocycles. The first-order valence-corrected chi connectivity index (χ1v) is 8.93. The molecule has 0 aliphatic carbocycles. The summed E-state index contributed by atoms with van der Waals surface area (Å²) in [6, 6.07) is 0. The average Bonchev–Trinajstić information content (AvgIpc) is 3.16. The molecule has 0 atom stereocenters. The second-order valence-electron chi connectivity index (χ2n) is 6.34. The number of rotatable bonds is 4. The van der Waals surface area contributed by atoms with Crippen molar-refractivity contribution in [3.8, 4) is 0 Å². The molecule has 23 heavy (non-hydrogen) atoms. The molecular formula is C16H22N4O2S. The van der Waals surface area contributed by atoms with Crippen LogP contribution in [0.1, 0.15) is 55.0 Å². The number of hydrogen-bond donors (Lipinski definition) is 0. The number of thiazole rings is 1. The van der Waals surface area contributed by atoms with E-state index in [9.17, 15) is 4.79 Å². The summed E-state index contributed by atoms with van der Waals surface area (Å²) < 4.78 is 5.44. The Bertz CT molecular complexity index is 671. The fraction of sp³-hybridized carbons (Fsp3) is 0.625. The first-order valence-electron chi connectivity index (χ1n) is 8.05. The summed E-state index contributed by atoms with van der Waals surface area (Å²) in [5, 5.41) is 7.15. The minimum Gasteiger partial charge on any atom is -0.342 e. The molecule has 2 aromatic rings. The lowest BCUT2D eigenvalue weighted by Gasteiger charge is -2.31. The van der Waals surface area contributed by atoms with Crippen molar-refractivity contribution in [3.63, 3.8) is 0 Å². The molecule has 6 nitrogen and oxygen atoms in total. The SMILES string of the molecule is Cc1nc(Cc2noc(C3CCN(C(=O)C(C)C)CC3)n2)cs1. The zero-order valence-corrected chi connectivity index (χ0v) is 14.6. The third-order valence-corrected chi connectivity index (χ3v) is 4.96. The molecule has 1 fully saturated rings. The molecule has 0 radical (unpaired) electrons. The Labute approximate surface area is 139 Å². The molecular weight excluding hydrogens is 312 g/mol. The van der Waals surface area contributed by atoms with E-state index in [-0.39, 0.29) is 17.7 Å². The van der Waals surface area contributed by atoms with Crippen molar-refractivity contribution in [1.29, 1.82) is 0 Å². The van der Waals surface area contributed by atoms with E-state index in [1.54, 1.807) is 11.3 Å². The Morgan fingerprint density at radius 3 is 2.74 bits per heavy atom. The van der Waals surface area contributed by atoms with Gasteiger partial charge in [0.25, 0.3) is 0 Å². The third kappa shape index (κ3) is 3.77.